The molecular weight excluding hydrogens is 174 g/mol. The van der Waals surface area contributed by atoms with E-state index in [0.717, 1.165) is 19.5 Å². The Morgan fingerprint density at radius 3 is 2.64 bits per heavy atom. The van der Waals surface area contributed by atoms with Gasteiger partial charge in [-0.2, -0.15) is 5.26 Å². The van der Waals surface area contributed by atoms with Crippen molar-refractivity contribution < 1.29 is 0 Å². The molecule has 14 heavy (non-hydrogen) atoms. The molecule has 0 aliphatic carbocycles. The van der Waals surface area contributed by atoms with Crippen LogP contribution in [0.5, 0.6) is 0 Å². The zero-order chi connectivity index (χ0) is 10.8. The van der Waals surface area contributed by atoms with Gasteiger partial charge in [-0.25, -0.2) is 0 Å². The average Bonchev–Trinajstić information content (AvgIpc) is 2.51. The van der Waals surface area contributed by atoms with Crippen molar-refractivity contribution in [3.05, 3.63) is 0 Å². The lowest BCUT2D eigenvalue weighted by molar-refractivity contribution is 0.165. The minimum atomic E-state index is 0.0624. The molecule has 0 aromatic heterocycles. The van der Waals surface area contributed by atoms with E-state index in [1.807, 2.05) is 0 Å². The summed E-state index contributed by atoms with van der Waals surface area (Å²) >= 11 is 0. The molecule has 1 rings (SSSR count). The van der Waals surface area contributed by atoms with E-state index in [2.05, 4.69) is 31.7 Å². The molecule has 1 saturated heterocycles. The first-order valence-corrected chi connectivity index (χ1v) is 5.32. The number of likely N-dealkylation sites (tertiary alicyclic amines) is 1. The van der Waals surface area contributed by atoms with Crippen molar-refractivity contribution in [1.82, 2.24) is 4.90 Å². The molecule has 3 heteroatoms. The summed E-state index contributed by atoms with van der Waals surface area (Å²) in [6, 6.07) is 2.22. The molecule has 0 radical (unpaired) electrons. The summed E-state index contributed by atoms with van der Waals surface area (Å²) in [5, 5.41) is 8.58. The maximum absolute atomic E-state index is 8.58. The SMILES string of the molecule is CC(C)(C)N1CC[C@@H]([C@@H](N)CC#N)C1. The molecule has 0 aromatic rings. The van der Waals surface area contributed by atoms with Crippen LogP contribution >= 0.6 is 0 Å². The molecule has 2 N–H and O–H groups in total. The Kier molecular flexibility index (Phi) is 3.52. The molecule has 3 nitrogen and oxygen atoms in total. The normalized spacial score (nSPS) is 26.1. The predicted molar refractivity (Wildman–Crippen MR) is 57.6 cm³/mol. The summed E-state index contributed by atoms with van der Waals surface area (Å²) in [4.78, 5) is 2.45. The fourth-order valence-electron chi connectivity index (χ4n) is 2.02. The Hall–Kier alpha value is -0.590. The minimum Gasteiger partial charge on any atom is -0.326 e. The zero-order valence-corrected chi connectivity index (χ0v) is 9.45. The molecule has 1 aliphatic rings. The summed E-state index contributed by atoms with van der Waals surface area (Å²) in [5.41, 5.74) is 6.18. The van der Waals surface area contributed by atoms with Gasteiger partial charge in [-0.15, -0.1) is 0 Å². The monoisotopic (exact) mass is 195 g/mol. The number of hydrogen-bond acceptors (Lipinski definition) is 3. The van der Waals surface area contributed by atoms with Gasteiger partial charge in [0.15, 0.2) is 0 Å². The Labute approximate surface area is 86.9 Å². The summed E-state index contributed by atoms with van der Waals surface area (Å²) in [5.74, 6) is 0.508. The Balaban J connectivity index is 2.46. The van der Waals surface area contributed by atoms with Crippen LogP contribution in [0.15, 0.2) is 0 Å². The van der Waals surface area contributed by atoms with Gasteiger partial charge in [-0.1, -0.05) is 0 Å². The van der Waals surface area contributed by atoms with E-state index in [9.17, 15) is 0 Å². The smallest absolute Gasteiger partial charge is 0.0638 e. The highest BCUT2D eigenvalue weighted by atomic mass is 15.2. The van der Waals surface area contributed by atoms with Crippen molar-refractivity contribution in [1.29, 1.82) is 5.26 Å². The fraction of sp³-hybridized carbons (Fsp3) is 0.909. The van der Waals surface area contributed by atoms with Gasteiger partial charge in [-0.3, -0.25) is 4.90 Å². The van der Waals surface area contributed by atoms with E-state index < -0.39 is 0 Å². The third-order valence-electron chi connectivity index (χ3n) is 3.11. The van der Waals surface area contributed by atoms with E-state index in [1.54, 1.807) is 0 Å². The van der Waals surface area contributed by atoms with Crippen LogP contribution in [0, 0.1) is 17.2 Å². The summed E-state index contributed by atoms with van der Waals surface area (Å²) in [6.07, 6.45) is 1.63. The molecule has 0 unspecified atom stereocenters. The molecule has 80 valence electrons. The Bertz CT molecular complexity index is 224. The van der Waals surface area contributed by atoms with Gasteiger partial charge in [-0.05, 0) is 39.7 Å². The fourth-order valence-corrected chi connectivity index (χ4v) is 2.02. The second-order valence-corrected chi connectivity index (χ2v) is 5.19. The summed E-state index contributed by atoms with van der Waals surface area (Å²) in [6.45, 7) is 8.85. The van der Waals surface area contributed by atoms with E-state index in [1.165, 1.54) is 0 Å². The van der Waals surface area contributed by atoms with E-state index >= 15 is 0 Å². The van der Waals surface area contributed by atoms with Crippen molar-refractivity contribution in [3.63, 3.8) is 0 Å². The summed E-state index contributed by atoms with van der Waals surface area (Å²) in [7, 11) is 0. The van der Waals surface area contributed by atoms with Crippen molar-refractivity contribution in [2.75, 3.05) is 13.1 Å². The van der Waals surface area contributed by atoms with Crippen molar-refractivity contribution in [2.45, 2.75) is 45.2 Å². The minimum absolute atomic E-state index is 0.0624. The van der Waals surface area contributed by atoms with Crippen molar-refractivity contribution in [3.8, 4) is 6.07 Å². The van der Waals surface area contributed by atoms with Crippen LogP contribution in [-0.2, 0) is 0 Å². The van der Waals surface area contributed by atoms with Gasteiger partial charge in [0.2, 0.25) is 0 Å². The van der Waals surface area contributed by atoms with Gasteiger partial charge in [0, 0.05) is 18.1 Å². The third-order valence-corrected chi connectivity index (χ3v) is 3.11. The lowest BCUT2D eigenvalue weighted by Gasteiger charge is -2.32. The first-order valence-electron chi connectivity index (χ1n) is 5.32. The van der Waals surface area contributed by atoms with E-state index in [0.29, 0.717) is 12.3 Å². The second-order valence-electron chi connectivity index (χ2n) is 5.19. The van der Waals surface area contributed by atoms with Crippen LogP contribution in [0.1, 0.15) is 33.6 Å². The molecule has 0 saturated carbocycles. The standard InChI is InChI=1S/C11H21N3/c1-11(2,3)14-7-5-9(8-14)10(13)4-6-12/h9-10H,4-5,7-8,13H2,1-3H3/t9-,10+/m1/s1. The summed E-state index contributed by atoms with van der Waals surface area (Å²) < 4.78 is 0. The van der Waals surface area contributed by atoms with Crippen LogP contribution < -0.4 is 5.73 Å². The van der Waals surface area contributed by atoms with Crippen LogP contribution in [0.25, 0.3) is 0 Å². The van der Waals surface area contributed by atoms with Crippen molar-refractivity contribution in [2.24, 2.45) is 11.7 Å². The second kappa shape index (κ2) is 4.29. The highest BCUT2D eigenvalue weighted by Crippen LogP contribution is 2.26. The molecule has 0 spiro atoms. The largest absolute Gasteiger partial charge is 0.326 e. The third kappa shape index (κ3) is 2.70. The topological polar surface area (TPSA) is 53.0 Å². The average molecular weight is 195 g/mol. The molecule has 1 fully saturated rings. The van der Waals surface area contributed by atoms with Gasteiger partial charge in [0.1, 0.15) is 0 Å². The Morgan fingerprint density at radius 1 is 1.57 bits per heavy atom. The molecule has 1 aliphatic heterocycles. The zero-order valence-electron chi connectivity index (χ0n) is 9.45. The maximum atomic E-state index is 8.58. The number of nitriles is 1. The van der Waals surface area contributed by atoms with Gasteiger partial charge in [0.05, 0.1) is 12.5 Å². The number of nitrogens with zero attached hydrogens (tertiary/aromatic N) is 2. The number of rotatable bonds is 2. The van der Waals surface area contributed by atoms with Crippen molar-refractivity contribution >= 4 is 0 Å². The lowest BCUT2D eigenvalue weighted by Crippen LogP contribution is -2.41. The number of hydrogen-bond donors (Lipinski definition) is 1. The van der Waals surface area contributed by atoms with E-state index in [-0.39, 0.29) is 11.6 Å². The predicted octanol–water partition coefficient (Wildman–Crippen LogP) is 1.35. The van der Waals surface area contributed by atoms with Crippen LogP contribution in [0.3, 0.4) is 0 Å². The van der Waals surface area contributed by atoms with Gasteiger partial charge in [0.25, 0.3) is 0 Å². The lowest BCUT2D eigenvalue weighted by atomic mass is 9.97. The number of nitrogens with two attached hydrogens (primary N) is 1. The quantitative estimate of drug-likeness (QED) is 0.723. The molecule has 0 bridgehead atoms. The van der Waals surface area contributed by atoms with Crippen LogP contribution in [0.4, 0.5) is 0 Å². The molecular formula is C11H21N3. The molecule has 1 heterocycles. The molecule has 2 atom stereocenters. The first kappa shape index (κ1) is 11.5. The maximum Gasteiger partial charge on any atom is 0.0638 e. The molecule has 0 amide bonds. The molecule has 0 aromatic carbocycles. The van der Waals surface area contributed by atoms with Gasteiger partial charge >= 0.3 is 0 Å². The Morgan fingerprint density at radius 2 is 2.21 bits per heavy atom. The van der Waals surface area contributed by atoms with Gasteiger partial charge < -0.3 is 5.73 Å². The van der Waals surface area contributed by atoms with Crippen LogP contribution in [0.2, 0.25) is 0 Å². The van der Waals surface area contributed by atoms with Crippen LogP contribution in [-0.4, -0.2) is 29.6 Å². The van der Waals surface area contributed by atoms with E-state index in [4.69, 9.17) is 11.0 Å². The highest BCUT2D eigenvalue weighted by molar-refractivity contribution is 4.91. The first-order chi connectivity index (χ1) is 6.45. The highest BCUT2D eigenvalue weighted by Gasteiger charge is 2.32.